The number of rotatable bonds is 2. The van der Waals surface area contributed by atoms with Gasteiger partial charge < -0.3 is 9.84 Å². The molecule has 74 valence electrons. The average molecular weight is 183 g/mol. The summed E-state index contributed by atoms with van der Waals surface area (Å²) >= 11 is 0. The first-order valence-electron chi connectivity index (χ1n) is 4.81. The van der Waals surface area contributed by atoms with Crippen molar-refractivity contribution in [3.05, 3.63) is 11.6 Å². The Kier molecular flexibility index (Phi) is 2.18. The molecule has 2 rings (SSSR count). The first-order valence-corrected chi connectivity index (χ1v) is 4.81. The SMILES string of the molecule is COCC1=CCN2CC[C@H](O)[C@@]12C. The van der Waals surface area contributed by atoms with Crippen LogP contribution in [-0.2, 0) is 4.74 Å². The highest BCUT2D eigenvalue weighted by Crippen LogP contribution is 2.39. The van der Waals surface area contributed by atoms with Gasteiger partial charge >= 0.3 is 0 Å². The molecule has 0 bridgehead atoms. The number of ether oxygens (including phenoxy) is 1. The van der Waals surface area contributed by atoms with Crippen molar-refractivity contribution < 1.29 is 9.84 Å². The molecule has 2 aliphatic heterocycles. The molecule has 0 saturated carbocycles. The van der Waals surface area contributed by atoms with Gasteiger partial charge in [0.25, 0.3) is 0 Å². The molecule has 0 aromatic heterocycles. The van der Waals surface area contributed by atoms with E-state index in [-0.39, 0.29) is 11.6 Å². The molecular formula is C10H17NO2. The Morgan fingerprint density at radius 3 is 3.23 bits per heavy atom. The third kappa shape index (κ3) is 1.15. The van der Waals surface area contributed by atoms with Crippen molar-refractivity contribution in [2.75, 3.05) is 26.8 Å². The van der Waals surface area contributed by atoms with Crippen LogP contribution >= 0.6 is 0 Å². The molecule has 0 spiro atoms. The van der Waals surface area contributed by atoms with Crippen molar-refractivity contribution in [3.63, 3.8) is 0 Å². The standard InChI is InChI=1S/C10H17NO2/c1-10-8(7-13-2)3-5-11(10)6-4-9(10)12/h3,9,12H,4-7H2,1-2H3/t9-,10+/m0/s1. The Labute approximate surface area is 79.0 Å². The zero-order valence-corrected chi connectivity index (χ0v) is 8.29. The number of fused-ring (bicyclic) bond motifs is 1. The van der Waals surface area contributed by atoms with E-state index < -0.39 is 0 Å². The van der Waals surface area contributed by atoms with Crippen molar-refractivity contribution in [1.82, 2.24) is 4.90 Å². The lowest BCUT2D eigenvalue weighted by atomic mass is 9.89. The number of hydrogen-bond acceptors (Lipinski definition) is 3. The molecule has 0 radical (unpaired) electrons. The quantitative estimate of drug-likeness (QED) is 0.629. The van der Waals surface area contributed by atoms with E-state index in [4.69, 9.17) is 4.74 Å². The molecule has 2 heterocycles. The minimum absolute atomic E-state index is 0.143. The highest BCUT2D eigenvalue weighted by Gasteiger charge is 2.49. The maximum Gasteiger partial charge on any atom is 0.0772 e. The molecule has 0 aromatic carbocycles. The summed E-state index contributed by atoms with van der Waals surface area (Å²) in [4.78, 5) is 2.33. The molecule has 2 aliphatic rings. The Hall–Kier alpha value is -0.380. The lowest BCUT2D eigenvalue weighted by molar-refractivity contribution is 0.0719. The Morgan fingerprint density at radius 1 is 1.77 bits per heavy atom. The Balaban J connectivity index is 2.22. The number of aliphatic hydroxyl groups excluding tert-OH is 1. The monoisotopic (exact) mass is 183 g/mol. The summed E-state index contributed by atoms with van der Waals surface area (Å²) < 4.78 is 5.14. The highest BCUT2D eigenvalue weighted by molar-refractivity contribution is 5.30. The van der Waals surface area contributed by atoms with Gasteiger partial charge in [-0.25, -0.2) is 0 Å². The molecule has 1 fully saturated rings. The minimum atomic E-state index is -0.226. The van der Waals surface area contributed by atoms with Crippen molar-refractivity contribution in [1.29, 1.82) is 0 Å². The lowest BCUT2D eigenvalue weighted by Crippen LogP contribution is -2.46. The van der Waals surface area contributed by atoms with Gasteiger partial charge in [0, 0.05) is 20.2 Å². The molecule has 0 amide bonds. The van der Waals surface area contributed by atoms with Gasteiger partial charge in [-0.05, 0) is 18.9 Å². The molecule has 0 aliphatic carbocycles. The first-order chi connectivity index (χ1) is 6.19. The summed E-state index contributed by atoms with van der Waals surface area (Å²) in [6.07, 6.45) is 2.85. The van der Waals surface area contributed by atoms with Gasteiger partial charge in [-0.15, -0.1) is 0 Å². The molecule has 1 N–H and O–H groups in total. The maximum atomic E-state index is 9.92. The zero-order chi connectivity index (χ0) is 9.47. The van der Waals surface area contributed by atoms with Crippen LogP contribution in [-0.4, -0.2) is 48.5 Å². The second-order valence-electron chi connectivity index (χ2n) is 4.06. The van der Waals surface area contributed by atoms with E-state index in [1.54, 1.807) is 7.11 Å². The van der Waals surface area contributed by atoms with Crippen LogP contribution in [0, 0.1) is 0 Å². The van der Waals surface area contributed by atoms with E-state index in [1.807, 2.05) is 0 Å². The summed E-state index contributed by atoms with van der Waals surface area (Å²) in [7, 11) is 1.70. The normalized spacial score (nSPS) is 39.3. The number of methoxy groups -OCH3 is 1. The van der Waals surface area contributed by atoms with Crippen LogP contribution in [0.3, 0.4) is 0 Å². The lowest BCUT2D eigenvalue weighted by Gasteiger charge is -2.33. The number of aliphatic hydroxyl groups is 1. The van der Waals surface area contributed by atoms with E-state index in [9.17, 15) is 5.11 Å². The van der Waals surface area contributed by atoms with Crippen molar-refractivity contribution in [3.8, 4) is 0 Å². The van der Waals surface area contributed by atoms with E-state index in [2.05, 4.69) is 17.9 Å². The molecule has 0 unspecified atom stereocenters. The van der Waals surface area contributed by atoms with Gasteiger partial charge in [0.05, 0.1) is 18.2 Å². The second-order valence-corrected chi connectivity index (χ2v) is 4.06. The van der Waals surface area contributed by atoms with E-state index >= 15 is 0 Å². The largest absolute Gasteiger partial charge is 0.391 e. The number of nitrogens with zero attached hydrogens (tertiary/aromatic N) is 1. The zero-order valence-electron chi connectivity index (χ0n) is 8.29. The molecule has 1 saturated heterocycles. The van der Waals surface area contributed by atoms with Crippen LogP contribution in [0.15, 0.2) is 11.6 Å². The van der Waals surface area contributed by atoms with E-state index in [0.717, 1.165) is 19.5 Å². The van der Waals surface area contributed by atoms with Crippen LogP contribution in [0.25, 0.3) is 0 Å². The van der Waals surface area contributed by atoms with Crippen LogP contribution in [0.1, 0.15) is 13.3 Å². The first kappa shape index (κ1) is 9.19. The van der Waals surface area contributed by atoms with Crippen LogP contribution < -0.4 is 0 Å². The second kappa shape index (κ2) is 3.08. The van der Waals surface area contributed by atoms with E-state index in [1.165, 1.54) is 5.57 Å². The van der Waals surface area contributed by atoms with Gasteiger partial charge in [0.2, 0.25) is 0 Å². The molecule has 13 heavy (non-hydrogen) atoms. The summed E-state index contributed by atoms with van der Waals surface area (Å²) in [5, 5.41) is 9.92. The fourth-order valence-electron chi connectivity index (χ4n) is 2.49. The van der Waals surface area contributed by atoms with Gasteiger partial charge in [0.1, 0.15) is 0 Å². The van der Waals surface area contributed by atoms with Crippen molar-refractivity contribution >= 4 is 0 Å². The molecule has 0 aromatic rings. The fourth-order valence-corrected chi connectivity index (χ4v) is 2.49. The van der Waals surface area contributed by atoms with E-state index in [0.29, 0.717) is 6.61 Å². The Bertz CT molecular complexity index is 239. The highest BCUT2D eigenvalue weighted by atomic mass is 16.5. The predicted molar refractivity (Wildman–Crippen MR) is 50.6 cm³/mol. The smallest absolute Gasteiger partial charge is 0.0772 e. The fraction of sp³-hybridized carbons (Fsp3) is 0.800. The summed E-state index contributed by atoms with van der Waals surface area (Å²) in [6.45, 7) is 4.72. The van der Waals surface area contributed by atoms with Crippen LogP contribution in [0.5, 0.6) is 0 Å². The third-order valence-corrected chi connectivity index (χ3v) is 3.49. The van der Waals surface area contributed by atoms with Gasteiger partial charge in [-0.3, -0.25) is 4.90 Å². The summed E-state index contributed by atoms with van der Waals surface area (Å²) in [5.74, 6) is 0. The van der Waals surface area contributed by atoms with Gasteiger partial charge in [-0.1, -0.05) is 6.08 Å². The van der Waals surface area contributed by atoms with Crippen molar-refractivity contribution in [2.24, 2.45) is 0 Å². The third-order valence-electron chi connectivity index (χ3n) is 3.49. The minimum Gasteiger partial charge on any atom is -0.391 e. The molecule has 2 atom stereocenters. The number of hydrogen-bond donors (Lipinski definition) is 1. The van der Waals surface area contributed by atoms with Crippen LogP contribution in [0.2, 0.25) is 0 Å². The molecule has 3 nitrogen and oxygen atoms in total. The maximum absolute atomic E-state index is 9.92. The van der Waals surface area contributed by atoms with Gasteiger partial charge in [-0.2, -0.15) is 0 Å². The van der Waals surface area contributed by atoms with Crippen LogP contribution in [0.4, 0.5) is 0 Å². The summed E-state index contributed by atoms with van der Waals surface area (Å²) in [5.41, 5.74) is 1.09. The summed E-state index contributed by atoms with van der Waals surface area (Å²) in [6, 6.07) is 0. The topological polar surface area (TPSA) is 32.7 Å². The molecule has 3 heteroatoms. The van der Waals surface area contributed by atoms with Gasteiger partial charge in [0.15, 0.2) is 0 Å². The predicted octanol–water partition coefficient (Wildman–Crippen LogP) is 0.398. The Morgan fingerprint density at radius 2 is 2.54 bits per heavy atom. The molecular weight excluding hydrogens is 166 g/mol. The average Bonchev–Trinajstić information content (AvgIpc) is 2.55. The van der Waals surface area contributed by atoms with Crippen molar-refractivity contribution in [2.45, 2.75) is 25.0 Å².